The van der Waals surface area contributed by atoms with Crippen molar-refractivity contribution in [3.63, 3.8) is 0 Å². The largest absolute Gasteiger partial charge is 0.508 e. The Kier molecular flexibility index (Phi) is 3.66. The third-order valence-corrected chi connectivity index (χ3v) is 2.61. The number of rotatable bonds is 3. The fourth-order valence-corrected chi connectivity index (χ4v) is 1.58. The van der Waals surface area contributed by atoms with Crippen LogP contribution in [0, 0.1) is 0 Å². The second-order valence-corrected chi connectivity index (χ2v) is 4.08. The fraction of sp³-hybridized carbons (Fsp3) is 0. The molecular formula is C14H10O7. The molecule has 0 saturated heterocycles. The van der Waals surface area contributed by atoms with Crippen LogP contribution in [0.5, 0.6) is 23.0 Å². The number of phenols is 3. The third-order valence-electron chi connectivity index (χ3n) is 2.61. The number of carboxylic acid groups (broad SMARTS) is 1. The van der Waals surface area contributed by atoms with Gasteiger partial charge in [0.05, 0.1) is 5.56 Å². The van der Waals surface area contributed by atoms with E-state index in [2.05, 4.69) is 0 Å². The average molecular weight is 290 g/mol. The molecule has 21 heavy (non-hydrogen) atoms. The number of esters is 1. The highest BCUT2D eigenvalue weighted by atomic mass is 16.5. The molecule has 0 aliphatic carbocycles. The third kappa shape index (κ3) is 3.03. The van der Waals surface area contributed by atoms with Crippen molar-refractivity contribution in [3.05, 3.63) is 47.5 Å². The minimum Gasteiger partial charge on any atom is -0.508 e. The van der Waals surface area contributed by atoms with E-state index < -0.39 is 23.4 Å². The van der Waals surface area contributed by atoms with Gasteiger partial charge in [0.2, 0.25) is 0 Å². The lowest BCUT2D eigenvalue weighted by Gasteiger charge is -2.08. The predicted octanol–water partition coefficient (Wildman–Crippen LogP) is 1.72. The van der Waals surface area contributed by atoms with Gasteiger partial charge in [0.25, 0.3) is 0 Å². The molecule has 2 aromatic rings. The van der Waals surface area contributed by atoms with Crippen molar-refractivity contribution in [3.8, 4) is 23.0 Å². The van der Waals surface area contributed by atoms with E-state index in [0.29, 0.717) is 0 Å². The lowest BCUT2D eigenvalue weighted by atomic mass is 10.2. The maximum Gasteiger partial charge on any atom is 0.347 e. The van der Waals surface area contributed by atoms with Crippen LogP contribution in [-0.4, -0.2) is 32.4 Å². The van der Waals surface area contributed by atoms with Crippen LogP contribution in [0.4, 0.5) is 0 Å². The van der Waals surface area contributed by atoms with Crippen LogP contribution in [0.25, 0.3) is 0 Å². The summed E-state index contributed by atoms with van der Waals surface area (Å²) in [5.74, 6) is -3.71. The van der Waals surface area contributed by atoms with Crippen molar-refractivity contribution in [1.29, 1.82) is 0 Å². The van der Waals surface area contributed by atoms with E-state index in [1.165, 1.54) is 6.07 Å². The monoisotopic (exact) mass is 290 g/mol. The highest BCUT2D eigenvalue weighted by molar-refractivity contribution is 5.95. The summed E-state index contributed by atoms with van der Waals surface area (Å²) in [6, 6.07) is 6.47. The fourth-order valence-electron chi connectivity index (χ4n) is 1.58. The molecule has 0 heterocycles. The molecule has 0 aliphatic rings. The van der Waals surface area contributed by atoms with Crippen molar-refractivity contribution >= 4 is 11.9 Å². The topological polar surface area (TPSA) is 124 Å². The van der Waals surface area contributed by atoms with Gasteiger partial charge in [0, 0.05) is 0 Å². The first-order chi connectivity index (χ1) is 9.88. The van der Waals surface area contributed by atoms with Gasteiger partial charge in [-0.25, -0.2) is 9.59 Å². The second kappa shape index (κ2) is 5.41. The summed E-state index contributed by atoms with van der Waals surface area (Å²) in [5.41, 5.74) is -0.468. The van der Waals surface area contributed by atoms with Crippen LogP contribution in [-0.2, 0) is 0 Å². The standard InChI is InChI=1S/C14H10O7/c15-8-2-3-10(16)9(6-8)14(20)21-12-4-1-7(13(18)19)5-11(12)17/h1-6,15-17H,(H,18,19). The molecule has 108 valence electrons. The van der Waals surface area contributed by atoms with E-state index in [0.717, 1.165) is 30.3 Å². The zero-order valence-corrected chi connectivity index (χ0v) is 10.5. The molecule has 0 unspecified atom stereocenters. The summed E-state index contributed by atoms with van der Waals surface area (Å²) >= 11 is 0. The molecule has 0 atom stereocenters. The zero-order valence-electron chi connectivity index (χ0n) is 10.5. The van der Waals surface area contributed by atoms with Crippen LogP contribution in [0.15, 0.2) is 36.4 Å². The number of hydrogen-bond acceptors (Lipinski definition) is 6. The summed E-state index contributed by atoms with van der Waals surface area (Å²) in [6.07, 6.45) is 0. The normalized spacial score (nSPS) is 10.1. The molecule has 2 aromatic carbocycles. The molecule has 0 aliphatic heterocycles. The average Bonchev–Trinajstić information content (AvgIpc) is 2.43. The van der Waals surface area contributed by atoms with Crippen LogP contribution in [0.3, 0.4) is 0 Å². The van der Waals surface area contributed by atoms with Crippen LogP contribution < -0.4 is 4.74 Å². The minimum atomic E-state index is -1.24. The summed E-state index contributed by atoms with van der Waals surface area (Å²) in [6.45, 7) is 0. The number of carbonyl (C=O) groups excluding carboxylic acids is 1. The first kappa shape index (κ1) is 14.2. The summed E-state index contributed by atoms with van der Waals surface area (Å²) < 4.78 is 4.85. The molecule has 0 spiro atoms. The molecule has 4 N–H and O–H groups in total. The minimum absolute atomic E-state index is 0.174. The van der Waals surface area contributed by atoms with Crippen LogP contribution in [0.1, 0.15) is 20.7 Å². The second-order valence-electron chi connectivity index (χ2n) is 4.08. The van der Waals surface area contributed by atoms with E-state index in [9.17, 15) is 24.9 Å². The zero-order chi connectivity index (χ0) is 15.6. The van der Waals surface area contributed by atoms with E-state index in [1.807, 2.05) is 0 Å². The lowest BCUT2D eigenvalue weighted by Crippen LogP contribution is -2.09. The van der Waals surface area contributed by atoms with Crippen LogP contribution in [0.2, 0.25) is 0 Å². The predicted molar refractivity (Wildman–Crippen MR) is 69.8 cm³/mol. The van der Waals surface area contributed by atoms with Gasteiger partial charge < -0.3 is 25.2 Å². The van der Waals surface area contributed by atoms with Gasteiger partial charge in [-0.15, -0.1) is 0 Å². The summed E-state index contributed by atoms with van der Waals surface area (Å²) in [4.78, 5) is 22.5. The first-order valence-electron chi connectivity index (χ1n) is 5.69. The maximum atomic E-state index is 11.8. The highest BCUT2D eigenvalue weighted by Gasteiger charge is 2.17. The first-order valence-corrected chi connectivity index (χ1v) is 5.69. The molecular weight excluding hydrogens is 280 g/mol. The molecule has 0 bridgehead atoms. The SMILES string of the molecule is O=C(O)c1ccc(OC(=O)c2cc(O)ccc2O)c(O)c1. The quantitative estimate of drug-likeness (QED) is 0.385. The van der Waals surface area contributed by atoms with Crippen molar-refractivity contribution in [2.75, 3.05) is 0 Å². The van der Waals surface area contributed by atoms with Gasteiger partial charge in [-0.05, 0) is 36.4 Å². The Morgan fingerprint density at radius 2 is 1.62 bits per heavy atom. The Balaban J connectivity index is 2.27. The van der Waals surface area contributed by atoms with E-state index >= 15 is 0 Å². The molecule has 2 rings (SSSR count). The van der Waals surface area contributed by atoms with Gasteiger partial charge in [0.15, 0.2) is 11.5 Å². The number of carbonyl (C=O) groups is 2. The number of aromatic hydroxyl groups is 3. The van der Waals surface area contributed by atoms with E-state index in [-0.39, 0.29) is 22.6 Å². The van der Waals surface area contributed by atoms with Crippen molar-refractivity contribution in [2.24, 2.45) is 0 Å². The van der Waals surface area contributed by atoms with Gasteiger partial charge in [-0.1, -0.05) is 0 Å². The van der Waals surface area contributed by atoms with Gasteiger partial charge in [-0.3, -0.25) is 0 Å². The Hall–Kier alpha value is -3.22. The number of benzene rings is 2. The summed E-state index contributed by atoms with van der Waals surface area (Å²) in [7, 11) is 0. The Morgan fingerprint density at radius 1 is 0.905 bits per heavy atom. The molecule has 0 fully saturated rings. The van der Waals surface area contributed by atoms with Gasteiger partial charge >= 0.3 is 11.9 Å². The molecule has 0 amide bonds. The lowest BCUT2D eigenvalue weighted by molar-refractivity contribution is 0.0696. The van der Waals surface area contributed by atoms with Crippen LogP contribution >= 0.6 is 0 Å². The smallest absolute Gasteiger partial charge is 0.347 e. The maximum absolute atomic E-state index is 11.8. The van der Waals surface area contributed by atoms with E-state index in [1.54, 1.807) is 0 Å². The Morgan fingerprint density at radius 3 is 2.24 bits per heavy atom. The van der Waals surface area contributed by atoms with Crippen molar-refractivity contribution < 1.29 is 34.8 Å². The number of phenolic OH excluding ortho intramolecular Hbond substituents is 3. The van der Waals surface area contributed by atoms with E-state index in [4.69, 9.17) is 9.84 Å². The Labute approximate surface area is 118 Å². The molecule has 7 heteroatoms. The molecule has 0 aromatic heterocycles. The Bertz CT molecular complexity index is 721. The molecule has 0 saturated carbocycles. The van der Waals surface area contributed by atoms with Gasteiger partial charge in [-0.2, -0.15) is 0 Å². The van der Waals surface area contributed by atoms with Gasteiger partial charge in [0.1, 0.15) is 17.1 Å². The molecule has 0 radical (unpaired) electrons. The van der Waals surface area contributed by atoms with Crippen molar-refractivity contribution in [2.45, 2.75) is 0 Å². The van der Waals surface area contributed by atoms with Crippen molar-refractivity contribution in [1.82, 2.24) is 0 Å². The number of ether oxygens (including phenoxy) is 1. The highest BCUT2D eigenvalue weighted by Crippen LogP contribution is 2.29. The number of hydrogen-bond donors (Lipinski definition) is 4. The number of aromatic carboxylic acids is 1. The number of carboxylic acids is 1. The summed E-state index contributed by atoms with van der Waals surface area (Å²) in [5, 5.41) is 37.1. The molecule has 7 nitrogen and oxygen atoms in total.